The first-order valence-corrected chi connectivity index (χ1v) is 9.90. The molecule has 9 nitrogen and oxygen atoms in total. The average Bonchev–Trinajstić information content (AvgIpc) is 3.20. The molecule has 2 atom stereocenters. The van der Waals surface area contributed by atoms with Gasteiger partial charge in [0.1, 0.15) is 13.2 Å². The monoisotopic (exact) mass is 427 g/mol. The van der Waals surface area contributed by atoms with Crippen LogP contribution in [0.4, 0.5) is 4.79 Å². The third-order valence-electron chi connectivity index (χ3n) is 4.94. The van der Waals surface area contributed by atoms with Crippen LogP contribution in [0, 0.1) is 0 Å². The number of aliphatic carboxylic acids is 1. The molecule has 1 heterocycles. The zero-order chi connectivity index (χ0) is 22.1. The van der Waals surface area contributed by atoms with Gasteiger partial charge in [-0.3, -0.25) is 20.7 Å². The molecule has 1 fully saturated rings. The molecule has 164 valence electrons. The second kappa shape index (κ2) is 10.6. The molecule has 1 amide bonds. The summed E-state index contributed by atoms with van der Waals surface area (Å²) in [7, 11) is 0. The van der Waals surface area contributed by atoms with Crippen LogP contribution in [0.25, 0.3) is 0 Å². The summed E-state index contributed by atoms with van der Waals surface area (Å²) in [5.41, 5.74) is -0.175. The average molecular weight is 427 g/mol. The van der Waals surface area contributed by atoms with Gasteiger partial charge in [-0.05, 0) is 24.1 Å². The molecule has 0 radical (unpaired) electrons. The summed E-state index contributed by atoms with van der Waals surface area (Å²) >= 11 is 0. The number of carboxylic acid groups (broad SMARTS) is 1. The Kier molecular flexibility index (Phi) is 7.58. The molecule has 4 N–H and O–H groups in total. The lowest BCUT2D eigenvalue weighted by molar-refractivity contribution is -0.148. The van der Waals surface area contributed by atoms with Crippen LogP contribution in [0.3, 0.4) is 0 Å². The highest BCUT2D eigenvalue weighted by molar-refractivity contribution is 5.85. The largest absolute Gasteiger partial charge is 0.478 e. The van der Waals surface area contributed by atoms with E-state index in [1.165, 1.54) is 0 Å². The molecular formula is C22H25N3O6. The third kappa shape index (κ3) is 6.03. The van der Waals surface area contributed by atoms with E-state index in [-0.39, 0.29) is 19.8 Å². The van der Waals surface area contributed by atoms with Crippen LogP contribution in [0.1, 0.15) is 17.5 Å². The van der Waals surface area contributed by atoms with Crippen LogP contribution in [-0.4, -0.2) is 47.9 Å². The van der Waals surface area contributed by atoms with Gasteiger partial charge in [-0.1, -0.05) is 60.7 Å². The Morgan fingerprint density at radius 3 is 2.13 bits per heavy atom. The maximum absolute atomic E-state index is 12.3. The summed E-state index contributed by atoms with van der Waals surface area (Å²) in [6, 6.07) is 17.5. The van der Waals surface area contributed by atoms with Gasteiger partial charge < -0.3 is 14.6 Å². The van der Waals surface area contributed by atoms with Crippen molar-refractivity contribution < 1.29 is 29.0 Å². The molecule has 1 unspecified atom stereocenters. The highest BCUT2D eigenvalue weighted by Gasteiger charge is 2.51. The molecule has 9 heteroatoms. The van der Waals surface area contributed by atoms with Gasteiger partial charge in [0.15, 0.2) is 0 Å². The van der Waals surface area contributed by atoms with Crippen molar-refractivity contribution in [2.45, 2.75) is 31.3 Å². The maximum Gasteiger partial charge on any atom is 0.409 e. The van der Waals surface area contributed by atoms with E-state index in [4.69, 9.17) is 9.47 Å². The first-order valence-electron chi connectivity index (χ1n) is 9.90. The molecule has 0 aromatic heterocycles. The van der Waals surface area contributed by atoms with E-state index in [0.717, 1.165) is 11.1 Å². The number of hydrogen-bond donors (Lipinski definition) is 4. The van der Waals surface area contributed by atoms with Crippen LogP contribution in [0.5, 0.6) is 0 Å². The Morgan fingerprint density at radius 2 is 1.55 bits per heavy atom. The smallest absolute Gasteiger partial charge is 0.409 e. The first-order chi connectivity index (χ1) is 15.0. The topological polar surface area (TPSA) is 126 Å². The van der Waals surface area contributed by atoms with Gasteiger partial charge in [0.2, 0.25) is 5.66 Å². The number of carboxylic acids is 1. The molecule has 0 spiro atoms. The number of carbonyl (C=O) groups excluding carboxylic acids is 2. The maximum atomic E-state index is 12.3. The summed E-state index contributed by atoms with van der Waals surface area (Å²) in [6.45, 7) is 0.266. The fraction of sp³-hybridized carbons (Fsp3) is 0.318. The number of ether oxygens (including phenoxy) is 2. The van der Waals surface area contributed by atoms with Crippen molar-refractivity contribution in [3.63, 3.8) is 0 Å². The molecule has 2 aromatic rings. The van der Waals surface area contributed by atoms with Crippen molar-refractivity contribution in [3.8, 4) is 0 Å². The zero-order valence-corrected chi connectivity index (χ0v) is 16.9. The van der Waals surface area contributed by atoms with Gasteiger partial charge in [0.05, 0.1) is 12.6 Å². The molecular weight excluding hydrogens is 402 g/mol. The minimum absolute atomic E-state index is 0.00623. The van der Waals surface area contributed by atoms with E-state index in [0.29, 0.717) is 13.0 Å². The minimum atomic E-state index is -1.80. The van der Waals surface area contributed by atoms with Crippen molar-refractivity contribution in [3.05, 3.63) is 71.8 Å². The van der Waals surface area contributed by atoms with Crippen molar-refractivity contribution >= 4 is 18.0 Å². The van der Waals surface area contributed by atoms with E-state index in [2.05, 4.69) is 16.0 Å². The molecule has 31 heavy (non-hydrogen) atoms. The summed E-state index contributed by atoms with van der Waals surface area (Å²) in [5.74, 6) is -1.81. The van der Waals surface area contributed by atoms with Crippen molar-refractivity contribution in [1.29, 1.82) is 0 Å². The van der Waals surface area contributed by atoms with Gasteiger partial charge in [-0.15, -0.1) is 0 Å². The van der Waals surface area contributed by atoms with Gasteiger partial charge >= 0.3 is 18.0 Å². The Hall–Kier alpha value is -3.43. The number of carbonyl (C=O) groups is 3. The molecule has 0 saturated carbocycles. The molecule has 1 aliphatic heterocycles. The Morgan fingerprint density at radius 1 is 0.968 bits per heavy atom. The standard InChI is InChI=1S/C22H25N3O6/c26-19(30-14-16-7-3-1-4-8-16)13-23-18-11-12-24-22(18,20(27)28)25-21(29)31-15-17-9-5-2-6-10-17/h1-10,18,23-24H,11-15H2,(H,25,29)(H,27,28)/t18?,22-/m1/s1. The number of alkyl carbamates (subject to hydrolysis) is 1. The number of hydrogen-bond acceptors (Lipinski definition) is 7. The lowest BCUT2D eigenvalue weighted by Crippen LogP contribution is -2.69. The lowest BCUT2D eigenvalue weighted by atomic mass is 10.0. The molecule has 0 bridgehead atoms. The fourth-order valence-corrected chi connectivity index (χ4v) is 3.33. The lowest BCUT2D eigenvalue weighted by Gasteiger charge is -2.32. The Labute approximate surface area is 179 Å². The summed E-state index contributed by atoms with van der Waals surface area (Å²) in [4.78, 5) is 36.4. The van der Waals surface area contributed by atoms with Crippen molar-refractivity contribution in [2.75, 3.05) is 13.1 Å². The molecule has 2 aromatic carbocycles. The SMILES string of the molecule is O=C(CNC1CCN[C@]1(NC(=O)OCc1ccccc1)C(=O)O)OCc1ccccc1. The van der Waals surface area contributed by atoms with E-state index in [1.807, 2.05) is 48.5 Å². The molecule has 1 saturated heterocycles. The van der Waals surface area contributed by atoms with Crippen molar-refractivity contribution in [2.24, 2.45) is 0 Å². The van der Waals surface area contributed by atoms with Crippen LogP contribution in [-0.2, 0) is 32.3 Å². The van der Waals surface area contributed by atoms with Crippen LogP contribution >= 0.6 is 0 Å². The first kappa shape index (κ1) is 22.3. The Bertz CT molecular complexity index is 893. The van der Waals surface area contributed by atoms with Crippen molar-refractivity contribution in [1.82, 2.24) is 16.0 Å². The number of rotatable bonds is 9. The van der Waals surface area contributed by atoms with Crippen LogP contribution in [0.2, 0.25) is 0 Å². The Balaban J connectivity index is 1.53. The number of nitrogens with one attached hydrogen (secondary N) is 3. The van der Waals surface area contributed by atoms with E-state index in [9.17, 15) is 19.5 Å². The van der Waals surface area contributed by atoms with E-state index >= 15 is 0 Å². The van der Waals surface area contributed by atoms with E-state index < -0.39 is 29.7 Å². The summed E-state index contributed by atoms with van der Waals surface area (Å²) in [5, 5.41) is 17.9. The normalized spacial score (nSPS) is 20.1. The number of amides is 1. The number of esters is 1. The minimum Gasteiger partial charge on any atom is -0.478 e. The molecule has 0 aliphatic carbocycles. The summed E-state index contributed by atoms with van der Waals surface area (Å²) < 4.78 is 10.4. The fourth-order valence-electron chi connectivity index (χ4n) is 3.33. The van der Waals surface area contributed by atoms with E-state index in [1.54, 1.807) is 12.1 Å². The molecule has 3 rings (SSSR count). The highest BCUT2D eigenvalue weighted by atomic mass is 16.5. The second-order valence-corrected chi connectivity index (χ2v) is 7.10. The summed E-state index contributed by atoms with van der Waals surface area (Å²) in [6.07, 6.45) is -0.490. The van der Waals surface area contributed by atoms with Gasteiger partial charge in [-0.25, -0.2) is 9.59 Å². The number of benzene rings is 2. The van der Waals surface area contributed by atoms with Gasteiger partial charge in [0, 0.05) is 0 Å². The van der Waals surface area contributed by atoms with Gasteiger partial charge in [-0.2, -0.15) is 0 Å². The molecule has 1 aliphatic rings. The quantitative estimate of drug-likeness (QED) is 0.443. The van der Waals surface area contributed by atoms with Gasteiger partial charge in [0.25, 0.3) is 0 Å². The second-order valence-electron chi connectivity index (χ2n) is 7.10. The predicted molar refractivity (Wildman–Crippen MR) is 111 cm³/mol. The van der Waals surface area contributed by atoms with Crippen LogP contribution in [0.15, 0.2) is 60.7 Å². The zero-order valence-electron chi connectivity index (χ0n) is 16.9. The predicted octanol–water partition coefficient (Wildman–Crippen LogP) is 1.39. The van der Waals surface area contributed by atoms with Crippen LogP contribution < -0.4 is 16.0 Å². The highest BCUT2D eigenvalue weighted by Crippen LogP contribution is 2.18. The third-order valence-corrected chi connectivity index (χ3v) is 4.94.